The number of hydrogen-bond donors (Lipinski definition) is 8. The summed E-state index contributed by atoms with van der Waals surface area (Å²) < 4.78 is 66.6. The maximum atomic E-state index is 13.8. The molecular formula is C74H87N9O21S2. The number of anilines is 2. The molecule has 5 amide bonds. The Kier molecular flexibility index (Phi) is 22.5. The third-order valence-electron chi connectivity index (χ3n) is 20.9. The van der Waals surface area contributed by atoms with Crippen molar-refractivity contribution in [2.75, 3.05) is 62.4 Å². The van der Waals surface area contributed by atoms with Crippen LogP contribution in [0.4, 0.5) is 15.7 Å². The summed E-state index contributed by atoms with van der Waals surface area (Å²) in [7, 11) is -3.14. The van der Waals surface area contributed by atoms with Gasteiger partial charge in [0.25, 0.3) is 27.8 Å². The van der Waals surface area contributed by atoms with Gasteiger partial charge in [-0.15, -0.1) is 0 Å². The van der Waals surface area contributed by atoms with Crippen LogP contribution in [-0.4, -0.2) is 204 Å². The third kappa shape index (κ3) is 17.4. The molecule has 5 fully saturated rings. The summed E-state index contributed by atoms with van der Waals surface area (Å²) >= 11 is 1.40. The summed E-state index contributed by atoms with van der Waals surface area (Å²) in [4.78, 5) is 116. The molecule has 3 aromatic carbocycles. The number of carboxylic acids is 2. The maximum Gasteiger partial charge on any atom is 0.409 e. The van der Waals surface area contributed by atoms with Gasteiger partial charge in [0.1, 0.15) is 48.0 Å². The van der Waals surface area contributed by atoms with Crippen LogP contribution in [0.5, 0.6) is 11.5 Å². The molecule has 566 valence electrons. The fraction of sp³-hybridized carbons (Fsp3) is 0.500. The highest BCUT2D eigenvalue weighted by Crippen LogP contribution is 2.72. The van der Waals surface area contributed by atoms with Crippen LogP contribution in [0.25, 0.3) is 21.3 Å². The standard InChI is InChI=1S/C74H87N9O21S2/c1-43-51(49-19-20-56(78-59(49)66(92)93)81-26-23-44-12-10-14-50(52(44)33-81)65(91)79-69-77-53-15-7-8-16-55(53)105-69)32-76-83(43)42-73-37-71(2)36-72(3,38-73)40-74(39-71,41-73)102-29-27-80(4)70(96)101-34-45-17-18-48(103-68-62(89)60(87)61(88)63(104-68)67(94)95)31-54(45)100-28-11-24-75-64(90)46(35-106(97,98)99)30-47(84)13-6-5-9-25-82-57(85)21-22-58(82)86/h7-8,10,12,14-22,31-32,46,60-63,68,87-89H,5-6,9,11,13,23-30,33-42H2,1-4H3,(H,75,90)(H,92,93)(H,94,95)(H,77,79,91)(H,97,98,99)/t46-,60-,61+,62-,63-,68+,71?,72?,73?,74?/m0/s1. The highest BCUT2D eigenvalue weighted by Gasteiger charge is 2.66. The van der Waals surface area contributed by atoms with Gasteiger partial charge in [0.05, 0.1) is 46.9 Å². The van der Waals surface area contributed by atoms with Crippen LogP contribution in [0.1, 0.15) is 134 Å². The first-order valence-electron chi connectivity index (χ1n) is 35.3. The van der Waals surface area contributed by atoms with E-state index in [9.17, 15) is 76.9 Å². The van der Waals surface area contributed by atoms with Gasteiger partial charge < -0.3 is 64.3 Å². The Balaban J connectivity index is 0.662. The molecule has 4 aliphatic carbocycles. The molecule has 106 heavy (non-hydrogen) atoms. The zero-order valence-corrected chi connectivity index (χ0v) is 60.8. The lowest BCUT2D eigenvalue weighted by atomic mass is 9.39. The minimum atomic E-state index is -4.71. The van der Waals surface area contributed by atoms with Crippen molar-refractivity contribution in [2.24, 2.45) is 22.2 Å². The summed E-state index contributed by atoms with van der Waals surface area (Å²) in [6, 6.07) is 21.1. The number of aromatic carboxylic acids is 1. The number of carbonyl (C=O) groups excluding carboxylic acids is 6. The Morgan fingerprint density at radius 1 is 0.840 bits per heavy atom. The van der Waals surface area contributed by atoms with Crippen molar-refractivity contribution in [3.05, 3.63) is 125 Å². The Morgan fingerprint density at radius 2 is 1.59 bits per heavy atom. The molecule has 0 spiro atoms. The number of aliphatic carboxylic acids is 1. The number of aliphatic hydroxyl groups excluding tert-OH is 3. The number of pyridine rings is 1. The summed E-state index contributed by atoms with van der Waals surface area (Å²) in [6.45, 7) is 7.88. The first kappa shape index (κ1) is 76.4. The van der Waals surface area contributed by atoms with Crippen molar-refractivity contribution in [3.8, 4) is 22.6 Å². The maximum absolute atomic E-state index is 13.8. The zero-order chi connectivity index (χ0) is 75.6. The number of carbonyl (C=O) groups is 8. The average molecular weight is 1500 g/mol. The zero-order valence-electron chi connectivity index (χ0n) is 59.1. The van der Waals surface area contributed by atoms with E-state index in [1.54, 1.807) is 25.4 Å². The topological polar surface area (TPSA) is 416 Å². The number of Topliss-reactive ketones (excluding diaryl/α,β-unsaturated/α-hetero) is 1. The van der Waals surface area contributed by atoms with Gasteiger partial charge in [-0.2, -0.15) is 13.5 Å². The van der Waals surface area contributed by atoms with Crippen LogP contribution in [0.15, 0.2) is 91.1 Å². The van der Waals surface area contributed by atoms with E-state index in [1.807, 2.05) is 59.0 Å². The number of imide groups is 1. The van der Waals surface area contributed by atoms with Crippen LogP contribution in [0.3, 0.4) is 0 Å². The summed E-state index contributed by atoms with van der Waals surface area (Å²) in [5.74, 6) is -7.27. The number of carboxylic acid groups (broad SMARTS) is 2. The number of thiazole rings is 1. The molecule has 6 heterocycles. The van der Waals surface area contributed by atoms with E-state index in [0.717, 1.165) is 70.5 Å². The number of fused-ring (bicyclic) bond motifs is 2. The van der Waals surface area contributed by atoms with Crippen molar-refractivity contribution in [3.63, 3.8) is 0 Å². The first-order valence-corrected chi connectivity index (χ1v) is 37.7. The lowest BCUT2D eigenvalue weighted by molar-refractivity contribution is -0.271. The molecule has 2 unspecified atom stereocenters. The van der Waals surface area contributed by atoms with Crippen LogP contribution in [0.2, 0.25) is 0 Å². The predicted molar refractivity (Wildman–Crippen MR) is 382 cm³/mol. The molecule has 1 saturated heterocycles. The van der Waals surface area contributed by atoms with E-state index >= 15 is 0 Å². The SMILES string of the molecule is Cc1c(-c2ccc(N3CCc4cccc(C(=O)Nc5nc6ccccc6s5)c4C3)nc2C(=O)O)cnn1CC12CC3(C)CC(C)(C1)CC(OCCN(C)C(=O)OCc1ccc(O[C@@H]4O[C@H](C(=O)O)[C@H](O)[C@H](O)[C@@H]4O)cc1OCCCNC(=O)[C@@H](CC(=O)CCCCCN1C(=O)C=CC1=O)CS(=O)(=O)O)(C3)C2. The number of nitrogens with one attached hydrogen (secondary N) is 2. The summed E-state index contributed by atoms with van der Waals surface area (Å²) in [5.41, 5.74) is 4.27. The van der Waals surface area contributed by atoms with E-state index < -0.39 is 106 Å². The van der Waals surface area contributed by atoms with Gasteiger partial charge in [-0.3, -0.25) is 43.4 Å². The molecule has 4 saturated carbocycles. The first-order chi connectivity index (χ1) is 50.4. The second-order valence-corrected chi connectivity index (χ2v) is 32.2. The minimum Gasteiger partial charge on any atom is -0.493 e. The number of aromatic nitrogens is 4. The molecule has 3 aliphatic heterocycles. The number of benzene rings is 3. The van der Waals surface area contributed by atoms with Crippen molar-refractivity contribution in [1.29, 1.82) is 0 Å². The van der Waals surface area contributed by atoms with Crippen molar-refractivity contribution < 1.29 is 101 Å². The number of nitrogens with zero attached hydrogens (tertiary/aromatic N) is 7. The fourth-order valence-electron chi connectivity index (χ4n) is 17.2. The number of rotatable bonds is 32. The lowest BCUT2D eigenvalue weighted by Crippen LogP contribution is -2.64. The number of amides is 5. The van der Waals surface area contributed by atoms with E-state index in [4.69, 9.17) is 33.8 Å². The van der Waals surface area contributed by atoms with Gasteiger partial charge in [-0.1, -0.05) is 55.9 Å². The molecule has 4 bridgehead atoms. The number of ketones is 1. The molecule has 6 aromatic rings. The molecule has 13 rings (SSSR count). The number of hydrogen-bond acceptors (Lipinski definition) is 23. The van der Waals surface area contributed by atoms with Crippen molar-refractivity contribution >= 4 is 90.1 Å². The number of aliphatic hydroxyl groups is 3. The fourth-order valence-corrected chi connectivity index (χ4v) is 18.8. The quantitative estimate of drug-likeness (QED) is 0.0121. The number of likely N-dealkylation sites (N-methyl/N-ethyl adjacent to an activating group) is 1. The van der Waals surface area contributed by atoms with Gasteiger partial charge in [0, 0.05) is 105 Å². The smallest absolute Gasteiger partial charge is 0.409 e. The van der Waals surface area contributed by atoms with Crippen LogP contribution >= 0.6 is 11.3 Å². The van der Waals surface area contributed by atoms with E-state index in [-0.39, 0.29) is 97.2 Å². The van der Waals surface area contributed by atoms with Crippen LogP contribution in [-0.2, 0) is 74.4 Å². The van der Waals surface area contributed by atoms with Crippen molar-refractivity contribution in [1.82, 2.24) is 34.9 Å². The summed E-state index contributed by atoms with van der Waals surface area (Å²) in [6.07, 6.45) is 0.286. The minimum absolute atomic E-state index is 0.0272. The third-order valence-corrected chi connectivity index (χ3v) is 22.7. The normalized spacial score (nSPS) is 24.8. The summed E-state index contributed by atoms with van der Waals surface area (Å²) in [5, 5.41) is 62.9. The molecule has 32 heteroatoms. The van der Waals surface area contributed by atoms with E-state index in [2.05, 4.69) is 29.5 Å². The largest absolute Gasteiger partial charge is 0.493 e. The second-order valence-electron chi connectivity index (χ2n) is 29.7. The lowest BCUT2D eigenvalue weighted by Gasteiger charge is -2.69. The number of unbranched alkanes of at least 4 members (excludes halogenated alkanes) is 2. The molecule has 30 nitrogen and oxygen atoms in total. The Bertz CT molecular complexity index is 4470. The Morgan fingerprint density at radius 3 is 2.32 bits per heavy atom. The van der Waals surface area contributed by atoms with Gasteiger partial charge in [-0.05, 0) is 141 Å². The monoisotopic (exact) mass is 1500 g/mol. The Hall–Kier alpha value is -9.28. The van der Waals surface area contributed by atoms with E-state index in [1.165, 1.54) is 46.6 Å². The van der Waals surface area contributed by atoms with Gasteiger partial charge in [0.2, 0.25) is 12.2 Å². The average Bonchev–Trinajstić information content (AvgIpc) is 0.733. The molecule has 7 aliphatic rings. The predicted octanol–water partition coefficient (Wildman–Crippen LogP) is 6.89. The van der Waals surface area contributed by atoms with Crippen LogP contribution < -0.4 is 25.0 Å². The highest BCUT2D eigenvalue weighted by atomic mass is 32.2. The van der Waals surface area contributed by atoms with Gasteiger partial charge in [-0.25, -0.2) is 24.4 Å². The van der Waals surface area contributed by atoms with Gasteiger partial charge >= 0.3 is 18.0 Å². The molecule has 8 atom stereocenters. The molecule has 0 radical (unpaired) electrons. The van der Waals surface area contributed by atoms with Gasteiger partial charge in [0.15, 0.2) is 16.9 Å². The highest BCUT2D eigenvalue weighted by molar-refractivity contribution is 7.85. The van der Waals surface area contributed by atoms with Crippen LogP contribution in [0, 0.1) is 29.1 Å². The molecule has 3 aromatic heterocycles. The number of ether oxygens (including phenoxy) is 5. The second kappa shape index (κ2) is 31.3. The molecule has 8 N–H and O–H groups in total. The van der Waals surface area contributed by atoms with E-state index in [0.29, 0.717) is 73.0 Å². The number of para-hydroxylation sites is 1. The Labute approximate surface area is 614 Å². The van der Waals surface area contributed by atoms with Crippen molar-refractivity contribution in [2.45, 2.75) is 160 Å². The molecular weight excluding hydrogens is 1410 g/mol.